The van der Waals surface area contributed by atoms with Crippen molar-refractivity contribution in [3.63, 3.8) is 0 Å². The molecule has 0 aliphatic heterocycles. The molecule has 0 heterocycles. The molecule has 0 radical (unpaired) electrons. The number of Topliss-reactive ketones (excluding diaryl/α,β-unsaturated/α-hetero) is 1. The number of carbonyl (C=O) groups excluding carboxylic acids is 2. The second kappa shape index (κ2) is 15.1. The Morgan fingerprint density at radius 3 is 1.90 bits per heavy atom. The Hall–Kier alpha value is -2.82. The highest BCUT2D eigenvalue weighted by molar-refractivity contribution is 6.16. The van der Waals surface area contributed by atoms with Gasteiger partial charge in [-0.2, -0.15) is 0 Å². The summed E-state index contributed by atoms with van der Waals surface area (Å²) in [6.07, 6.45) is 7.51. The first-order chi connectivity index (χ1) is 14.6. The highest BCUT2D eigenvalue weighted by atomic mass is 16.1. The van der Waals surface area contributed by atoms with Crippen LogP contribution in [0.4, 0.5) is 0 Å². The van der Waals surface area contributed by atoms with E-state index in [0.29, 0.717) is 6.42 Å². The number of nitrogens with one attached hydrogen (secondary N) is 2. The van der Waals surface area contributed by atoms with Crippen molar-refractivity contribution in [2.75, 3.05) is 28.2 Å². The van der Waals surface area contributed by atoms with Gasteiger partial charge in [0.2, 0.25) is 0 Å². The molecule has 1 unspecified atom stereocenters. The fraction of sp³-hybridized carbons (Fsp3) is 0.308. The SMILES string of the molecule is CNC.CNC.O=C(C=Cc1ccccc1)C1CCCC(=Cc2ccccc2)C1=O. The normalized spacial score (nSPS) is 17.0. The fourth-order valence-electron chi connectivity index (χ4n) is 3.00. The zero-order chi connectivity index (χ0) is 22.2. The summed E-state index contributed by atoms with van der Waals surface area (Å²) in [5, 5.41) is 5.50. The molecule has 2 aromatic rings. The highest BCUT2D eigenvalue weighted by Crippen LogP contribution is 2.28. The van der Waals surface area contributed by atoms with Crippen LogP contribution in [0.3, 0.4) is 0 Å². The number of hydrogen-bond acceptors (Lipinski definition) is 4. The smallest absolute Gasteiger partial charge is 0.169 e. The van der Waals surface area contributed by atoms with Crippen LogP contribution in [0, 0.1) is 5.92 Å². The maximum atomic E-state index is 12.7. The van der Waals surface area contributed by atoms with Crippen LogP contribution >= 0.6 is 0 Å². The average molecular weight is 407 g/mol. The molecule has 3 rings (SSSR count). The first kappa shape index (κ1) is 25.2. The molecule has 2 N–H and O–H groups in total. The zero-order valence-corrected chi connectivity index (χ0v) is 18.5. The van der Waals surface area contributed by atoms with Gasteiger partial charge in [0.1, 0.15) is 0 Å². The predicted molar refractivity (Wildman–Crippen MR) is 127 cm³/mol. The molecule has 1 aliphatic rings. The van der Waals surface area contributed by atoms with E-state index < -0.39 is 5.92 Å². The number of benzene rings is 2. The Kier molecular flexibility index (Phi) is 12.7. The van der Waals surface area contributed by atoms with Crippen LogP contribution in [-0.2, 0) is 9.59 Å². The Morgan fingerprint density at radius 1 is 0.867 bits per heavy atom. The molecular formula is C26H34N2O2. The third-order valence-corrected chi connectivity index (χ3v) is 4.30. The molecule has 1 saturated carbocycles. The van der Waals surface area contributed by atoms with Crippen LogP contribution in [0.25, 0.3) is 12.2 Å². The second-order valence-electron chi connectivity index (χ2n) is 7.04. The standard InChI is InChI=1S/C22H20O2.2C2H7N/c23-21(15-14-17-8-3-1-4-9-17)20-13-7-12-19(22(20)24)16-18-10-5-2-6-11-18;2*1-3-2/h1-6,8-11,14-16,20H,7,12-13H2;2*3H,1-2H3. The Labute approximate surface area is 181 Å². The van der Waals surface area contributed by atoms with Crippen molar-refractivity contribution in [2.45, 2.75) is 19.3 Å². The Balaban J connectivity index is 0.000000672. The molecule has 1 atom stereocenters. The van der Waals surface area contributed by atoms with Crippen LogP contribution in [0.1, 0.15) is 30.4 Å². The van der Waals surface area contributed by atoms with Gasteiger partial charge in [0.05, 0.1) is 5.92 Å². The van der Waals surface area contributed by atoms with E-state index in [4.69, 9.17) is 0 Å². The third kappa shape index (κ3) is 9.12. The van der Waals surface area contributed by atoms with Gasteiger partial charge in [0.25, 0.3) is 0 Å². The van der Waals surface area contributed by atoms with Crippen LogP contribution in [0.2, 0.25) is 0 Å². The third-order valence-electron chi connectivity index (χ3n) is 4.30. The lowest BCUT2D eigenvalue weighted by Crippen LogP contribution is -2.27. The molecule has 30 heavy (non-hydrogen) atoms. The molecule has 0 aromatic heterocycles. The van der Waals surface area contributed by atoms with Crippen molar-refractivity contribution in [3.8, 4) is 0 Å². The number of carbonyl (C=O) groups is 2. The minimum absolute atomic E-state index is 0.0205. The maximum absolute atomic E-state index is 12.7. The monoisotopic (exact) mass is 406 g/mol. The largest absolute Gasteiger partial charge is 0.323 e. The molecule has 1 fully saturated rings. The lowest BCUT2D eigenvalue weighted by molar-refractivity contribution is -0.129. The number of rotatable bonds is 4. The van der Waals surface area contributed by atoms with E-state index in [1.54, 1.807) is 12.2 Å². The number of hydrogen-bond donors (Lipinski definition) is 2. The fourth-order valence-corrected chi connectivity index (χ4v) is 3.00. The van der Waals surface area contributed by atoms with Gasteiger partial charge in [0.15, 0.2) is 11.6 Å². The zero-order valence-electron chi connectivity index (χ0n) is 18.5. The minimum atomic E-state index is -0.534. The van der Waals surface area contributed by atoms with Gasteiger partial charge in [-0.3, -0.25) is 9.59 Å². The number of ketones is 2. The summed E-state index contributed by atoms with van der Waals surface area (Å²) in [5.41, 5.74) is 2.74. The van der Waals surface area contributed by atoms with Gasteiger partial charge in [-0.05, 0) is 76.3 Å². The van der Waals surface area contributed by atoms with Crippen molar-refractivity contribution in [1.29, 1.82) is 0 Å². The summed E-state index contributed by atoms with van der Waals surface area (Å²) >= 11 is 0. The molecule has 4 heteroatoms. The Morgan fingerprint density at radius 2 is 1.37 bits per heavy atom. The summed E-state index contributed by atoms with van der Waals surface area (Å²) in [5.74, 6) is -0.649. The maximum Gasteiger partial charge on any atom is 0.169 e. The summed E-state index contributed by atoms with van der Waals surface area (Å²) in [6.45, 7) is 0. The first-order valence-corrected chi connectivity index (χ1v) is 10.3. The van der Waals surface area contributed by atoms with Gasteiger partial charge < -0.3 is 10.6 Å². The minimum Gasteiger partial charge on any atom is -0.323 e. The van der Waals surface area contributed by atoms with Crippen molar-refractivity contribution in [3.05, 3.63) is 83.4 Å². The summed E-state index contributed by atoms with van der Waals surface area (Å²) in [7, 11) is 7.50. The lowest BCUT2D eigenvalue weighted by Gasteiger charge is -2.20. The molecule has 0 spiro atoms. The van der Waals surface area contributed by atoms with Crippen LogP contribution in [-0.4, -0.2) is 39.8 Å². The molecular weight excluding hydrogens is 372 g/mol. The molecule has 0 saturated heterocycles. The van der Waals surface area contributed by atoms with Gasteiger partial charge in [0, 0.05) is 0 Å². The van der Waals surface area contributed by atoms with Gasteiger partial charge in [-0.1, -0.05) is 66.7 Å². The van der Waals surface area contributed by atoms with E-state index in [0.717, 1.165) is 29.5 Å². The van der Waals surface area contributed by atoms with Crippen molar-refractivity contribution < 1.29 is 9.59 Å². The van der Waals surface area contributed by atoms with E-state index in [9.17, 15) is 9.59 Å². The van der Waals surface area contributed by atoms with Gasteiger partial charge in [-0.15, -0.1) is 0 Å². The van der Waals surface area contributed by atoms with Gasteiger partial charge >= 0.3 is 0 Å². The second-order valence-corrected chi connectivity index (χ2v) is 7.04. The van der Waals surface area contributed by atoms with Crippen LogP contribution in [0.5, 0.6) is 0 Å². The first-order valence-electron chi connectivity index (χ1n) is 10.3. The molecule has 2 aromatic carbocycles. The Bertz CT molecular complexity index is 809. The molecule has 160 valence electrons. The topological polar surface area (TPSA) is 58.2 Å². The van der Waals surface area contributed by atoms with Crippen molar-refractivity contribution in [2.24, 2.45) is 5.92 Å². The summed E-state index contributed by atoms with van der Waals surface area (Å²) < 4.78 is 0. The van der Waals surface area contributed by atoms with Crippen LogP contribution < -0.4 is 10.6 Å². The lowest BCUT2D eigenvalue weighted by atomic mass is 9.81. The molecule has 0 amide bonds. The van der Waals surface area contributed by atoms with E-state index in [2.05, 4.69) is 10.6 Å². The quantitative estimate of drug-likeness (QED) is 0.584. The average Bonchev–Trinajstić information content (AvgIpc) is 2.76. The van der Waals surface area contributed by atoms with E-state index >= 15 is 0 Å². The summed E-state index contributed by atoms with van der Waals surface area (Å²) in [6, 6.07) is 19.5. The van der Waals surface area contributed by atoms with E-state index in [-0.39, 0.29) is 11.6 Å². The predicted octanol–water partition coefficient (Wildman–Crippen LogP) is 4.39. The summed E-state index contributed by atoms with van der Waals surface area (Å²) in [4.78, 5) is 25.1. The van der Waals surface area contributed by atoms with Crippen molar-refractivity contribution >= 4 is 23.7 Å². The highest BCUT2D eigenvalue weighted by Gasteiger charge is 2.30. The molecule has 0 bridgehead atoms. The van der Waals surface area contributed by atoms with Crippen molar-refractivity contribution in [1.82, 2.24) is 10.6 Å². The van der Waals surface area contributed by atoms with E-state index in [1.807, 2.05) is 94.9 Å². The van der Waals surface area contributed by atoms with Gasteiger partial charge in [-0.25, -0.2) is 0 Å². The number of allylic oxidation sites excluding steroid dienone is 2. The molecule has 4 nitrogen and oxygen atoms in total. The molecule has 1 aliphatic carbocycles. The van der Waals surface area contributed by atoms with E-state index in [1.165, 1.54) is 0 Å². The van der Waals surface area contributed by atoms with Crippen LogP contribution in [0.15, 0.2) is 72.3 Å².